The molecule has 35 heavy (non-hydrogen) atoms. The standard InChI is InChI=1S/C27H36N4O4/c1-34-24-10-6-5-9-23(24)19-30-15-17-31(18-16-30)26(32)25(22-11-13-28-14-12-22)29-27(33)35-20-21-7-3-2-4-8-21/h2-10,22,25,28H,11-20H2,1H3,(H,29,33)/t25-/m0/s1. The van der Waals surface area contributed by atoms with Crippen LogP contribution in [0, 0.1) is 5.92 Å². The number of carbonyl (C=O) groups is 2. The second kappa shape index (κ2) is 12.6. The van der Waals surface area contributed by atoms with Gasteiger partial charge in [0.15, 0.2) is 0 Å². The number of hydrogen-bond acceptors (Lipinski definition) is 6. The summed E-state index contributed by atoms with van der Waals surface area (Å²) in [5.74, 6) is 0.973. The van der Waals surface area contributed by atoms with E-state index in [9.17, 15) is 9.59 Å². The van der Waals surface area contributed by atoms with Crippen molar-refractivity contribution in [1.29, 1.82) is 0 Å². The van der Waals surface area contributed by atoms with E-state index in [0.717, 1.165) is 62.4 Å². The molecule has 8 heteroatoms. The highest BCUT2D eigenvalue weighted by Gasteiger charge is 2.35. The lowest BCUT2D eigenvalue weighted by Gasteiger charge is -2.39. The van der Waals surface area contributed by atoms with E-state index in [1.165, 1.54) is 0 Å². The fourth-order valence-corrected chi connectivity index (χ4v) is 4.85. The molecule has 2 saturated heterocycles. The molecule has 8 nitrogen and oxygen atoms in total. The van der Waals surface area contributed by atoms with Gasteiger partial charge in [0.25, 0.3) is 0 Å². The molecule has 2 aliphatic heterocycles. The van der Waals surface area contributed by atoms with Crippen molar-refractivity contribution in [2.75, 3.05) is 46.4 Å². The van der Waals surface area contributed by atoms with Crippen LogP contribution in [0.2, 0.25) is 0 Å². The predicted octanol–water partition coefficient (Wildman–Crippen LogP) is 2.63. The summed E-state index contributed by atoms with van der Waals surface area (Å²) in [7, 11) is 1.69. The fourth-order valence-electron chi connectivity index (χ4n) is 4.85. The summed E-state index contributed by atoms with van der Waals surface area (Å²) in [6.07, 6.45) is 1.16. The molecule has 0 aliphatic carbocycles. The lowest BCUT2D eigenvalue weighted by molar-refractivity contribution is -0.136. The van der Waals surface area contributed by atoms with Crippen LogP contribution in [-0.4, -0.2) is 74.2 Å². The first-order valence-electron chi connectivity index (χ1n) is 12.4. The van der Waals surface area contributed by atoms with Gasteiger partial charge >= 0.3 is 6.09 Å². The van der Waals surface area contributed by atoms with Gasteiger partial charge in [-0.2, -0.15) is 0 Å². The van der Waals surface area contributed by atoms with E-state index in [2.05, 4.69) is 21.6 Å². The molecule has 0 saturated carbocycles. The summed E-state index contributed by atoms with van der Waals surface area (Å²) in [5.41, 5.74) is 2.06. The Kier molecular flexibility index (Phi) is 8.97. The van der Waals surface area contributed by atoms with Crippen LogP contribution in [0.25, 0.3) is 0 Å². The summed E-state index contributed by atoms with van der Waals surface area (Å²) in [6, 6.07) is 17.0. The van der Waals surface area contributed by atoms with E-state index in [1.807, 2.05) is 53.4 Å². The molecule has 4 rings (SSSR count). The summed E-state index contributed by atoms with van der Waals surface area (Å²) in [4.78, 5) is 30.4. The molecule has 2 aromatic carbocycles. The molecule has 0 radical (unpaired) electrons. The maximum absolute atomic E-state index is 13.6. The molecule has 188 valence electrons. The minimum atomic E-state index is -0.568. The largest absolute Gasteiger partial charge is 0.496 e. The number of piperidine rings is 1. The van der Waals surface area contributed by atoms with Gasteiger partial charge in [-0.25, -0.2) is 4.79 Å². The highest BCUT2D eigenvalue weighted by atomic mass is 16.5. The minimum absolute atomic E-state index is 0.00879. The van der Waals surface area contributed by atoms with Crippen LogP contribution in [0.1, 0.15) is 24.0 Å². The third-order valence-corrected chi connectivity index (χ3v) is 6.88. The normalized spacial score (nSPS) is 18.0. The van der Waals surface area contributed by atoms with Crippen LogP contribution in [-0.2, 0) is 22.7 Å². The number of hydrogen-bond donors (Lipinski definition) is 2. The lowest BCUT2D eigenvalue weighted by atomic mass is 9.89. The number of carbonyl (C=O) groups excluding carboxylic acids is 2. The van der Waals surface area contributed by atoms with Crippen molar-refractivity contribution in [3.63, 3.8) is 0 Å². The summed E-state index contributed by atoms with van der Waals surface area (Å²) in [5, 5.41) is 6.25. The smallest absolute Gasteiger partial charge is 0.408 e. The molecule has 1 atom stereocenters. The maximum atomic E-state index is 13.6. The number of para-hydroxylation sites is 1. The zero-order chi connectivity index (χ0) is 24.5. The van der Waals surface area contributed by atoms with Crippen molar-refractivity contribution in [1.82, 2.24) is 20.4 Å². The zero-order valence-corrected chi connectivity index (χ0v) is 20.4. The predicted molar refractivity (Wildman–Crippen MR) is 134 cm³/mol. The Labute approximate surface area is 207 Å². The highest BCUT2D eigenvalue weighted by Crippen LogP contribution is 2.22. The van der Waals surface area contributed by atoms with E-state index >= 15 is 0 Å². The second-order valence-electron chi connectivity index (χ2n) is 9.18. The van der Waals surface area contributed by atoms with Gasteiger partial charge in [-0.15, -0.1) is 0 Å². The van der Waals surface area contributed by atoms with E-state index < -0.39 is 12.1 Å². The van der Waals surface area contributed by atoms with Gasteiger partial charge in [0.1, 0.15) is 18.4 Å². The Bertz CT molecular complexity index is 957. The summed E-state index contributed by atoms with van der Waals surface area (Å²) >= 11 is 0. The molecule has 2 fully saturated rings. The van der Waals surface area contributed by atoms with Gasteiger partial charge < -0.3 is 25.0 Å². The topological polar surface area (TPSA) is 83.1 Å². The Morgan fingerprint density at radius 3 is 2.40 bits per heavy atom. The molecular weight excluding hydrogens is 444 g/mol. The molecule has 0 spiro atoms. The number of alkyl carbamates (subject to hydrolysis) is 1. The van der Waals surface area contributed by atoms with Crippen molar-refractivity contribution >= 4 is 12.0 Å². The zero-order valence-electron chi connectivity index (χ0n) is 20.4. The third-order valence-electron chi connectivity index (χ3n) is 6.88. The van der Waals surface area contributed by atoms with Gasteiger partial charge in [-0.3, -0.25) is 9.69 Å². The highest BCUT2D eigenvalue weighted by molar-refractivity contribution is 5.86. The van der Waals surface area contributed by atoms with Crippen molar-refractivity contribution in [3.8, 4) is 5.75 Å². The number of nitrogens with one attached hydrogen (secondary N) is 2. The molecule has 2 amide bonds. The van der Waals surface area contributed by atoms with Crippen molar-refractivity contribution < 1.29 is 19.1 Å². The average Bonchev–Trinajstić information content (AvgIpc) is 2.92. The van der Waals surface area contributed by atoms with Crippen molar-refractivity contribution in [2.24, 2.45) is 5.92 Å². The van der Waals surface area contributed by atoms with Crippen molar-refractivity contribution in [2.45, 2.75) is 32.0 Å². The van der Waals surface area contributed by atoms with Crippen LogP contribution >= 0.6 is 0 Å². The Morgan fingerprint density at radius 2 is 1.69 bits per heavy atom. The maximum Gasteiger partial charge on any atom is 0.408 e. The molecule has 2 heterocycles. The second-order valence-corrected chi connectivity index (χ2v) is 9.18. The van der Waals surface area contributed by atoms with Gasteiger partial charge in [-0.1, -0.05) is 48.5 Å². The number of ether oxygens (including phenoxy) is 2. The van der Waals surface area contributed by atoms with Gasteiger partial charge in [-0.05, 0) is 43.5 Å². The van der Waals surface area contributed by atoms with E-state index in [1.54, 1.807) is 7.11 Å². The first-order valence-corrected chi connectivity index (χ1v) is 12.4. The van der Waals surface area contributed by atoms with Crippen LogP contribution in [0.5, 0.6) is 5.75 Å². The van der Waals surface area contributed by atoms with E-state index in [4.69, 9.17) is 9.47 Å². The molecule has 2 aromatic rings. The van der Waals surface area contributed by atoms with Crippen LogP contribution in [0.15, 0.2) is 54.6 Å². The SMILES string of the molecule is COc1ccccc1CN1CCN(C(=O)[C@@H](NC(=O)OCc2ccccc2)C2CCNCC2)CC1. The van der Waals surface area contributed by atoms with Gasteiger partial charge in [0, 0.05) is 38.3 Å². The first-order chi connectivity index (χ1) is 17.1. The Hall–Kier alpha value is -3.10. The molecule has 2 N–H and O–H groups in total. The third kappa shape index (κ3) is 6.96. The molecule has 2 aliphatic rings. The average molecular weight is 481 g/mol. The monoisotopic (exact) mass is 480 g/mol. The van der Waals surface area contributed by atoms with Crippen LogP contribution < -0.4 is 15.4 Å². The lowest BCUT2D eigenvalue weighted by Crippen LogP contribution is -2.57. The first kappa shape index (κ1) is 25.0. The number of nitrogens with zero attached hydrogens (tertiary/aromatic N) is 2. The summed E-state index contributed by atoms with van der Waals surface area (Å²) < 4.78 is 10.9. The molecular formula is C27H36N4O4. The van der Waals surface area contributed by atoms with E-state index in [-0.39, 0.29) is 18.4 Å². The number of piperazine rings is 1. The number of benzene rings is 2. The minimum Gasteiger partial charge on any atom is -0.496 e. The molecule has 0 aromatic heterocycles. The Morgan fingerprint density at radius 1 is 1.00 bits per heavy atom. The number of amides is 2. The van der Waals surface area contributed by atoms with Crippen molar-refractivity contribution in [3.05, 3.63) is 65.7 Å². The van der Waals surface area contributed by atoms with E-state index in [0.29, 0.717) is 13.1 Å². The van der Waals surface area contributed by atoms with Gasteiger partial charge in [0.2, 0.25) is 5.91 Å². The molecule has 0 unspecified atom stereocenters. The Balaban J connectivity index is 1.34. The quantitative estimate of drug-likeness (QED) is 0.605. The molecule has 0 bridgehead atoms. The van der Waals surface area contributed by atoms with Crippen LogP contribution in [0.4, 0.5) is 4.79 Å². The summed E-state index contributed by atoms with van der Waals surface area (Å²) in [6.45, 7) is 5.49. The number of methoxy groups -OCH3 is 1. The van der Waals surface area contributed by atoms with Gasteiger partial charge in [0.05, 0.1) is 7.11 Å². The fraction of sp³-hybridized carbons (Fsp3) is 0.481. The van der Waals surface area contributed by atoms with Crippen LogP contribution in [0.3, 0.4) is 0 Å². The number of rotatable bonds is 8.